The molecule has 0 aromatic carbocycles. The fourth-order valence-electron chi connectivity index (χ4n) is 0.848. The van der Waals surface area contributed by atoms with Gasteiger partial charge in [-0.05, 0) is 18.8 Å². The Hall–Kier alpha value is -0.510. The lowest BCUT2D eigenvalue weighted by molar-refractivity contribution is -0.136. The Bertz CT molecular complexity index is 131. The number of halogens is 3. The summed E-state index contributed by atoms with van der Waals surface area (Å²) in [6.07, 6.45) is -2.98. The van der Waals surface area contributed by atoms with Crippen molar-refractivity contribution in [3.63, 3.8) is 0 Å². The zero-order valence-corrected chi connectivity index (χ0v) is 6.77. The summed E-state index contributed by atoms with van der Waals surface area (Å²) in [6.45, 7) is 3.28. The van der Waals surface area contributed by atoms with Gasteiger partial charge in [0.25, 0.3) is 0 Å². The van der Waals surface area contributed by atoms with E-state index in [0.717, 1.165) is 0 Å². The Morgan fingerprint density at radius 2 is 2.00 bits per heavy atom. The predicted octanol–water partition coefficient (Wildman–Crippen LogP) is 2.51. The fraction of sp³-hybridized carbons (Fsp3) is 0.750. The average Bonchev–Trinajstić information content (AvgIpc) is 1.96. The predicted molar refractivity (Wildman–Crippen MR) is 40.7 cm³/mol. The first-order chi connectivity index (χ1) is 5.49. The highest BCUT2D eigenvalue weighted by molar-refractivity contribution is 4.78. The summed E-state index contributed by atoms with van der Waals surface area (Å²) in [7, 11) is 0. The van der Waals surface area contributed by atoms with Gasteiger partial charge in [-0.1, -0.05) is 6.08 Å². The molecule has 0 bridgehead atoms. The molecule has 0 amide bonds. The van der Waals surface area contributed by atoms with E-state index in [0.29, 0.717) is 6.42 Å². The minimum absolute atomic E-state index is 0.0563. The van der Waals surface area contributed by atoms with E-state index in [9.17, 15) is 13.2 Å². The van der Waals surface area contributed by atoms with Gasteiger partial charge in [0, 0.05) is 13.0 Å². The van der Waals surface area contributed by atoms with Crippen molar-refractivity contribution in [2.24, 2.45) is 5.92 Å². The van der Waals surface area contributed by atoms with Crippen LogP contribution in [0, 0.1) is 5.92 Å². The monoisotopic (exact) mass is 182 g/mol. The van der Waals surface area contributed by atoms with E-state index >= 15 is 0 Å². The molecule has 0 aliphatic rings. The molecule has 12 heavy (non-hydrogen) atoms. The van der Waals surface area contributed by atoms with Gasteiger partial charge in [0.1, 0.15) is 0 Å². The van der Waals surface area contributed by atoms with Crippen molar-refractivity contribution in [3.8, 4) is 0 Å². The Labute approximate surface area is 69.9 Å². The lowest BCUT2D eigenvalue weighted by atomic mass is 10.0. The zero-order chi connectivity index (χ0) is 9.61. The van der Waals surface area contributed by atoms with Gasteiger partial charge in [-0.15, -0.1) is 6.58 Å². The van der Waals surface area contributed by atoms with E-state index < -0.39 is 12.6 Å². The molecule has 0 aromatic heterocycles. The molecule has 0 aromatic rings. The molecule has 0 rings (SSSR count). The highest BCUT2D eigenvalue weighted by Gasteiger charge is 2.26. The van der Waals surface area contributed by atoms with Crippen molar-refractivity contribution < 1.29 is 18.3 Å². The van der Waals surface area contributed by atoms with Crippen LogP contribution in [0.3, 0.4) is 0 Å². The van der Waals surface area contributed by atoms with Crippen LogP contribution in [0.4, 0.5) is 13.2 Å². The van der Waals surface area contributed by atoms with Crippen molar-refractivity contribution in [1.29, 1.82) is 0 Å². The summed E-state index contributed by atoms with van der Waals surface area (Å²) in [6, 6.07) is 0. The Kier molecular flexibility index (Phi) is 4.97. The largest absolute Gasteiger partial charge is 0.396 e. The van der Waals surface area contributed by atoms with Gasteiger partial charge >= 0.3 is 6.18 Å². The first-order valence-electron chi connectivity index (χ1n) is 3.79. The van der Waals surface area contributed by atoms with Crippen LogP contribution in [0.15, 0.2) is 12.7 Å². The zero-order valence-electron chi connectivity index (χ0n) is 6.77. The van der Waals surface area contributed by atoms with Gasteiger partial charge in [0.2, 0.25) is 0 Å². The second-order valence-corrected chi connectivity index (χ2v) is 2.69. The molecule has 72 valence electrons. The normalized spacial score (nSPS) is 14.3. The number of aliphatic hydroxyl groups is 1. The number of aliphatic hydroxyl groups excluding tert-OH is 1. The lowest BCUT2D eigenvalue weighted by Crippen LogP contribution is -2.09. The van der Waals surface area contributed by atoms with Gasteiger partial charge < -0.3 is 5.11 Å². The van der Waals surface area contributed by atoms with E-state index in [4.69, 9.17) is 5.11 Å². The van der Waals surface area contributed by atoms with Crippen molar-refractivity contribution in [1.82, 2.24) is 0 Å². The van der Waals surface area contributed by atoms with E-state index in [1.54, 1.807) is 0 Å². The molecule has 1 N–H and O–H groups in total. The molecule has 1 nitrogen and oxygen atoms in total. The first kappa shape index (κ1) is 11.5. The first-order valence-corrected chi connectivity index (χ1v) is 3.79. The van der Waals surface area contributed by atoms with Crippen LogP contribution >= 0.6 is 0 Å². The van der Waals surface area contributed by atoms with E-state index in [1.165, 1.54) is 6.08 Å². The minimum atomic E-state index is -4.08. The maximum absolute atomic E-state index is 11.6. The number of alkyl halides is 3. The lowest BCUT2D eigenvalue weighted by Gasteiger charge is -2.09. The molecular formula is C8H13F3O. The van der Waals surface area contributed by atoms with Crippen LogP contribution in [0.1, 0.15) is 19.3 Å². The molecule has 0 radical (unpaired) electrons. The maximum atomic E-state index is 11.6. The molecule has 1 unspecified atom stereocenters. The van der Waals surface area contributed by atoms with Crippen LogP contribution in [-0.2, 0) is 0 Å². The van der Waals surface area contributed by atoms with Crippen molar-refractivity contribution in [3.05, 3.63) is 12.7 Å². The number of hydrogen-bond donors (Lipinski definition) is 1. The van der Waals surface area contributed by atoms with Crippen molar-refractivity contribution in [2.75, 3.05) is 6.61 Å². The Balaban J connectivity index is 3.48. The second-order valence-electron chi connectivity index (χ2n) is 2.69. The molecule has 0 spiro atoms. The van der Waals surface area contributed by atoms with Gasteiger partial charge in [-0.25, -0.2) is 0 Å². The summed E-state index contributed by atoms with van der Waals surface area (Å²) in [4.78, 5) is 0. The Morgan fingerprint density at radius 1 is 1.42 bits per heavy atom. The molecule has 4 heteroatoms. The van der Waals surface area contributed by atoms with Crippen LogP contribution in [0.25, 0.3) is 0 Å². The van der Waals surface area contributed by atoms with Crippen LogP contribution < -0.4 is 0 Å². The van der Waals surface area contributed by atoms with Gasteiger partial charge in [0.05, 0.1) is 0 Å². The van der Waals surface area contributed by atoms with Crippen molar-refractivity contribution >= 4 is 0 Å². The van der Waals surface area contributed by atoms with Gasteiger partial charge in [-0.2, -0.15) is 13.2 Å². The summed E-state index contributed by atoms with van der Waals surface area (Å²) >= 11 is 0. The van der Waals surface area contributed by atoms with E-state index in [1.807, 2.05) is 0 Å². The molecule has 0 heterocycles. The maximum Gasteiger partial charge on any atom is 0.389 e. The third-order valence-corrected chi connectivity index (χ3v) is 1.60. The van der Waals surface area contributed by atoms with Crippen molar-refractivity contribution in [2.45, 2.75) is 25.4 Å². The van der Waals surface area contributed by atoms with Crippen LogP contribution in [0.5, 0.6) is 0 Å². The highest BCUT2D eigenvalue weighted by Crippen LogP contribution is 2.23. The summed E-state index contributed by atoms with van der Waals surface area (Å²) in [5.41, 5.74) is 0. The summed E-state index contributed by atoms with van der Waals surface area (Å²) in [5, 5.41) is 8.60. The standard InChI is InChI=1S/C8H13F3O/c1-2-7(6-12)4-3-5-8(9,10)11/h2,7,12H,1,3-6H2. The second kappa shape index (κ2) is 5.19. The SMILES string of the molecule is C=CC(CO)CCCC(F)(F)F. The molecule has 0 saturated heterocycles. The number of rotatable bonds is 5. The van der Waals surface area contributed by atoms with E-state index in [2.05, 4.69) is 6.58 Å². The molecular weight excluding hydrogens is 169 g/mol. The minimum Gasteiger partial charge on any atom is -0.396 e. The molecule has 0 fully saturated rings. The molecule has 0 saturated carbocycles. The topological polar surface area (TPSA) is 20.2 Å². The highest BCUT2D eigenvalue weighted by atomic mass is 19.4. The smallest absolute Gasteiger partial charge is 0.389 e. The third-order valence-electron chi connectivity index (χ3n) is 1.60. The quantitative estimate of drug-likeness (QED) is 0.648. The van der Waals surface area contributed by atoms with Gasteiger partial charge in [-0.3, -0.25) is 0 Å². The van der Waals surface area contributed by atoms with E-state index in [-0.39, 0.29) is 18.9 Å². The number of hydrogen-bond acceptors (Lipinski definition) is 1. The average molecular weight is 182 g/mol. The molecule has 0 aliphatic heterocycles. The van der Waals surface area contributed by atoms with Gasteiger partial charge in [0.15, 0.2) is 0 Å². The van der Waals surface area contributed by atoms with Crippen LogP contribution in [-0.4, -0.2) is 17.9 Å². The third kappa shape index (κ3) is 6.22. The summed E-state index contributed by atoms with van der Waals surface area (Å²) in [5.74, 6) is -0.202. The molecule has 0 aliphatic carbocycles. The fourth-order valence-corrected chi connectivity index (χ4v) is 0.848. The van der Waals surface area contributed by atoms with Crippen LogP contribution in [0.2, 0.25) is 0 Å². The molecule has 1 atom stereocenters. The Morgan fingerprint density at radius 3 is 2.33 bits per heavy atom. The summed E-state index contributed by atoms with van der Waals surface area (Å²) < 4.78 is 34.9.